The van der Waals surface area contributed by atoms with Crippen molar-refractivity contribution in [2.75, 3.05) is 5.32 Å². The molecule has 4 aromatic rings. The van der Waals surface area contributed by atoms with Crippen molar-refractivity contribution in [3.63, 3.8) is 0 Å². The molecule has 4 rings (SSSR count). The highest BCUT2D eigenvalue weighted by Gasteiger charge is 2.16. The summed E-state index contributed by atoms with van der Waals surface area (Å²) in [4.78, 5) is 16.7. The zero-order chi connectivity index (χ0) is 19.5. The molecule has 8 heteroatoms. The number of hydrogen-bond donors (Lipinski definition) is 1. The minimum absolute atomic E-state index is 0.241. The van der Waals surface area contributed by atoms with Crippen molar-refractivity contribution >= 4 is 27.7 Å². The topological polar surface area (TPSA) is 77.6 Å². The molecule has 0 aliphatic heterocycles. The van der Waals surface area contributed by atoms with Crippen LogP contribution in [-0.4, -0.2) is 30.5 Å². The molecule has 140 valence electrons. The second-order valence-electron chi connectivity index (χ2n) is 6.24. The molecule has 0 spiro atoms. The fourth-order valence-electron chi connectivity index (χ4n) is 2.85. The fraction of sp³-hybridized carbons (Fsp3) is 0.100. The van der Waals surface area contributed by atoms with Gasteiger partial charge in [-0.3, -0.25) is 14.5 Å². The number of pyridine rings is 1. The van der Waals surface area contributed by atoms with E-state index in [1.807, 2.05) is 49.5 Å². The number of carbonyl (C=O) groups excluding carboxylic acids is 1. The van der Waals surface area contributed by atoms with Crippen LogP contribution in [0.15, 0.2) is 71.7 Å². The lowest BCUT2D eigenvalue weighted by Gasteiger charge is -2.06. The molecule has 1 amide bonds. The maximum atomic E-state index is 12.7. The smallest absolute Gasteiger partial charge is 0.260 e. The number of hydrogen-bond acceptors (Lipinski definition) is 4. The number of amides is 1. The molecule has 0 unspecified atom stereocenters. The van der Waals surface area contributed by atoms with Crippen LogP contribution in [0, 0.1) is 6.92 Å². The molecule has 1 N–H and O–H groups in total. The second-order valence-corrected chi connectivity index (χ2v) is 7.16. The van der Waals surface area contributed by atoms with Crippen molar-refractivity contribution in [3.05, 3.63) is 88.5 Å². The maximum absolute atomic E-state index is 12.7. The lowest BCUT2D eigenvalue weighted by Crippen LogP contribution is -2.14. The number of nitrogens with one attached hydrogen (secondary N) is 1. The van der Waals surface area contributed by atoms with E-state index in [-0.39, 0.29) is 5.91 Å². The van der Waals surface area contributed by atoms with Gasteiger partial charge in [-0.15, -0.1) is 0 Å². The first kappa shape index (κ1) is 18.1. The van der Waals surface area contributed by atoms with Crippen LogP contribution in [0.4, 0.5) is 5.82 Å². The van der Waals surface area contributed by atoms with Crippen molar-refractivity contribution in [2.24, 2.45) is 0 Å². The molecule has 0 aliphatic carbocycles. The average molecular weight is 437 g/mol. The molecule has 0 fully saturated rings. The van der Waals surface area contributed by atoms with Crippen LogP contribution in [0.2, 0.25) is 0 Å². The zero-order valence-corrected chi connectivity index (χ0v) is 16.7. The van der Waals surface area contributed by atoms with E-state index in [0.29, 0.717) is 17.9 Å². The van der Waals surface area contributed by atoms with Crippen LogP contribution in [0.1, 0.15) is 21.6 Å². The van der Waals surface area contributed by atoms with E-state index in [9.17, 15) is 4.79 Å². The summed E-state index contributed by atoms with van der Waals surface area (Å²) in [7, 11) is 0. The number of nitrogens with zero attached hydrogens (tertiary/aromatic N) is 5. The van der Waals surface area contributed by atoms with Gasteiger partial charge in [-0.25, -0.2) is 4.68 Å². The molecule has 0 atom stereocenters. The van der Waals surface area contributed by atoms with Crippen molar-refractivity contribution in [1.29, 1.82) is 0 Å². The summed E-state index contributed by atoms with van der Waals surface area (Å²) >= 11 is 3.42. The molecule has 0 radical (unpaired) electrons. The quantitative estimate of drug-likeness (QED) is 0.515. The number of rotatable bonds is 5. The number of carbonyl (C=O) groups is 1. The lowest BCUT2D eigenvalue weighted by molar-refractivity contribution is 0.102. The summed E-state index contributed by atoms with van der Waals surface area (Å²) < 4.78 is 4.49. The molecule has 7 nitrogen and oxygen atoms in total. The largest absolute Gasteiger partial charge is 0.305 e. The van der Waals surface area contributed by atoms with Crippen molar-refractivity contribution in [1.82, 2.24) is 24.5 Å². The standard InChI is InChI=1S/C20H17BrN6O/c1-14-18(12-23-27(14)17-4-2-16(21)3-5-17)20(28)24-19-8-11-26(25-19)13-15-6-9-22-10-7-15/h2-12H,13H2,1H3,(H,24,25,28). The Kier molecular flexibility index (Phi) is 5.03. The Bertz CT molecular complexity index is 1100. The Morgan fingerprint density at radius 1 is 1.11 bits per heavy atom. The first-order valence-corrected chi connectivity index (χ1v) is 9.44. The molecule has 3 heterocycles. The zero-order valence-electron chi connectivity index (χ0n) is 15.1. The normalized spacial score (nSPS) is 10.8. The van der Waals surface area contributed by atoms with E-state index in [4.69, 9.17) is 0 Å². The van der Waals surface area contributed by atoms with Gasteiger partial charge in [-0.05, 0) is 48.9 Å². The van der Waals surface area contributed by atoms with E-state index in [1.165, 1.54) is 0 Å². The van der Waals surface area contributed by atoms with Crippen LogP contribution >= 0.6 is 15.9 Å². The average Bonchev–Trinajstić information content (AvgIpc) is 3.29. The molecule has 1 aromatic carbocycles. The third-order valence-corrected chi connectivity index (χ3v) is 4.83. The predicted molar refractivity (Wildman–Crippen MR) is 110 cm³/mol. The van der Waals surface area contributed by atoms with Crippen molar-refractivity contribution < 1.29 is 4.79 Å². The van der Waals surface area contributed by atoms with Gasteiger partial charge in [-0.2, -0.15) is 10.2 Å². The van der Waals surface area contributed by atoms with Gasteiger partial charge >= 0.3 is 0 Å². The molecule has 0 aliphatic rings. The van der Waals surface area contributed by atoms with Crippen LogP contribution in [0.5, 0.6) is 0 Å². The van der Waals surface area contributed by atoms with E-state index >= 15 is 0 Å². The number of aromatic nitrogens is 5. The summed E-state index contributed by atoms with van der Waals surface area (Å²) in [5, 5.41) is 11.6. The fourth-order valence-corrected chi connectivity index (χ4v) is 3.11. The molecule has 28 heavy (non-hydrogen) atoms. The minimum Gasteiger partial charge on any atom is -0.305 e. The summed E-state index contributed by atoms with van der Waals surface area (Å²) in [5.74, 6) is 0.255. The van der Waals surface area contributed by atoms with Gasteiger partial charge in [0.25, 0.3) is 5.91 Å². The van der Waals surface area contributed by atoms with Gasteiger partial charge < -0.3 is 5.32 Å². The summed E-state index contributed by atoms with van der Waals surface area (Å²) in [5.41, 5.74) is 3.24. The molecule has 0 saturated heterocycles. The number of benzene rings is 1. The van der Waals surface area contributed by atoms with E-state index in [0.717, 1.165) is 21.4 Å². The van der Waals surface area contributed by atoms with Gasteiger partial charge in [0, 0.05) is 29.1 Å². The Balaban J connectivity index is 1.48. The van der Waals surface area contributed by atoms with Crippen LogP contribution in [-0.2, 0) is 6.54 Å². The number of anilines is 1. The van der Waals surface area contributed by atoms with Crippen molar-refractivity contribution in [2.45, 2.75) is 13.5 Å². The van der Waals surface area contributed by atoms with Gasteiger partial charge in [0.15, 0.2) is 5.82 Å². The van der Waals surface area contributed by atoms with Gasteiger partial charge in [0.2, 0.25) is 0 Å². The predicted octanol–water partition coefficient (Wildman–Crippen LogP) is 3.84. The summed E-state index contributed by atoms with van der Waals surface area (Å²) in [6, 6.07) is 13.4. The highest BCUT2D eigenvalue weighted by Crippen LogP contribution is 2.18. The highest BCUT2D eigenvalue weighted by atomic mass is 79.9. The Morgan fingerprint density at radius 2 is 1.86 bits per heavy atom. The lowest BCUT2D eigenvalue weighted by atomic mass is 10.2. The highest BCUT2D eigenvalue weighted by molar-refractivity contribution is 9.10. The Hall–Kier alpha value is -3.26. The molecule has 0 bridgehead atoms. The van der Waals surface area contributed by atoms with Gasteiger partial charge in [0.05, 0.1) is 29.7 Å². The Labute approximate surface area is 170 Å². The molecular weight excluding hydrogens is 420 g/mol. The summed E-state index contributed by atoms with van der Waals surface area (Å²) in [6.45, 7) is 2.48. The molecular formula is C20H17BrN6O. The van der Waals surface area contributed by atoms with Crippen LogP contribution < -0.4 is 5.32 Å². The van der Waals surface area contributed by atoms with Crippen LogP contribution in [0.3, 0.4) is 0 Å². The maximum Gasteiger partial charge on any atom is 0.260 e. The molecule has 0 saturated carbocycles. The third-order valence-electron chi connectivity index (χ3n) is 4.30. The van der Waals surface area contributed by atoms with E-state index in [1.54, 1.807) is 34.0 Å². The summed E-state index contributed by atoms with van der Waals surface area (Å²) in [6.07, 6.45) is 6.88. The third kappa shape index (κ3) is 3.86. The van der Waals surface area contributed by atoms with Crippen LogP contribution in [0.25, 0.3) is 5.69 Å². The van der Waals surface area contributed by atoms with Gasteiger partial charge in [0.1, 0.15) is 0 Å². The van der Waals surface area contributed by atoms with Crippen molar-refractivity contribution in [3.8, 4) is 5.69 Å². The second kappa shape index (κ2) is 7.77. The molecule has 3 aromatic heterocycles. The SMILES string of the molecule is Cc1c(C(=O)Nc2ccn(Cc3ccncc3)n2)cnn1-c1ccc(Br)cc1. The number of halogens is 1. The van der Waals surface area contributed by atoms with E-state index < -0.39 is 0 Å². The monoisotopic (exact) mass is 436 g/mol. The first-order chi connectivity index (χ1) is 13.6. The van der Waals surface area contributed by atoms with E-state index in [2.05, 4.69) is 36.4 Å². The Morgan fingerprint density at radius 3 is 2.61 bits per heavy atom. The first-order valence-electron chi connectivity index (χ1n) is 8.64. The van der Waals surface area contributed by atoms with Gasteiger partial charge in [-0.1, -0.05) is 15.9 Å². The minimum atomic E-state index is -0.241.